The minimum atomic E-state index is -1.36. The topological polar surface area (TPSA) is 59.1 Å². The van der Waals surface area contributed by atoms with Gasteiger partial charge in [0.15, 0.2) is 6.61 Å². The lowest BCUT2D eigenvalue weighted by atomic mass is 10.1. The minimum Gasteiger partial charge on any atom is -0.441 e. The number of benzene rings is 1. The van der Waals surface area contributed by atoms with Crippen molar-refractivity contribution < 1.29 is 23.5 Å². The maximum absolute atomic E-state index is 13.5. The number of nitrogens with zero attached hydrogens (tertiary/aromatic N) is 2. The van der Waals surface area contributed by atoms with Gasteiger partial charge in [-0.05, 0) is 25.0 Å². The number of alkyl halides is 1. The molecule has 0 spiro atoms. The van der Waals surface area contributed by atoms with Crippen molar-refractivity contribution in [1.29, 1.82) is 0 Å². The van der Waals surface area contributed by atoms with Crippen LogP contribution in [-0.4, -0.2) is 48.7 Å². The van der Waals surface area contributed by atoms with E-state index in [-0.39, 0.29) is 6.61 Å². The molecule has 2 fully saturated rings. The third kappa shape index (κ3) is 2.88. The summed E-state index contributed by atoms with van der Waals surface area (Å²) in [6.45, 7) is 1.95. The fourth-order valence-corrected chi connectivity index (χ4v) is 3.11. The number of piperidine rings is 1. The van der Waals surface area contributed by atoms with Crippen molar-refractivity contribution in [2.45, 2.75) is 31.8 Å². The van der Waals surface area contributed by atoms with Gasteiger partial charge in [0.1, 0.15) is 6.17 Å². The van der Waals surface area contributed by atoms with E-state index >= 15 is 0 Å². The molecule has 7 heteroatoms. The predicted octanol–water partition coefficient (Wildman–Crippen LogP) is 2.29. The number of halogens is 1. The van der Waals surface area contributed by atoms with Gasteiger partial charge < -0.3 is 9.47 Å². The van der Waals surface area contributed by atoms with E-state index < -0.39 is 24.1 Å². The van der Waals surface area contributed by atoms with Gasteiger partial charge in [-0.15, -0.1) is 0 Å². The number of rotatable bonds is 3. The second kappa shape index (κ2) is 6.16. The van der Waals surface area contributed by atoms with Gasteiger partial charge in [-0.3, -0.25) is 4.79 Å². The van der Waals surface area contributed by atoms with E-state index in [4.69, 9.17) is 9.47 Å². The summed E-state index contributed by atoms with van der Waals surface area (Å²) < 4.78 is 24.2. The lowest BCUT2D eigenvalue weighted by molar-refractivity contribution is -0.185. The number of anilines is 1. The third-order valence-electron chi connectivity index (χ3n) is 4.16. The van der Waals surface area contributed by atoms with Crippen molar-refractivity contribution in [2.75, 3.05) is 24.6 Å². The summed E-state index contributed by atoms with van der Waals surface area (Å²) in [4.78, 5) is 27.1. The molecule has 1 aromatic carbocycles. The van der Waals surface area contributed by atoms with Crippen LogP contribution in [-0.2, 0) is 14.3 Å². The summed E-state index contributed by atoms with van der Waals surface area (Å²) in [6.07, 6.45) is -0.789. The number of hydrogen-bond acceptors (Lipinski definition) is 5. The zero-order valence-corrected chi connectivity index (χ0v) is 12.9. The van der Waals surface area contributed by atoms with Crippen molar-refractivity contribution in [1.82, 2.24) is 4.90 Å². The van der Waals surface area contributed by atoms with Crippen LogP contribution < -0.4 is 4.90 Å². The maximum atomic E-state index is 13.5. The van der Waals surface area contributed by atoms with E-state index in [0.717, 1.165) is 0 Å². The number of carbonyl (C=O) groups is 2. The Labute approximate surface area is 133 Å². The molecule has 6 nitrogen and oxygen atoms in total. The van der Waals surface area contributed by atoms with Crippen LogP contribution in [0.15, 0.2) is 30.3 Å². The molecule has 23 heavy (non-hydrogen) atoms. The molecule has 0 radical (unpaired) electrons. The normalized spacial score (nSPS) is 26.2. The summed E-state index contributed by atoms with van der Waals surface area (Å²) in [5.41, 5.74) is 0.568. The number of esters is 1. The molecule has 0 aromatic heterocycles. The van der Waals surface area contributed by atoms with E-state index in [9.17, 15) is 14.0 Å². The Morgan fingerprint density at radius 1 is 1.30 bits per heavy atom. The van der Waals surface area contributed by atoms with Crippen LogP contribution in [0.25, 0.3) is 0 Å². The zero-order valence-electron chi connectivity index (χ0n) is 12.9. The van der Waals surface area contributed by atoms with Gasteiger partial charge in [0.05, 0.1) is 5.69 Å². The van der Waals surface area contributed by atoms with Crippen LogP contribution in [0.1, 0.15) is 19.8 Å². The molecule has 2 aliphatic rings. The van der Waals surface area contributed by atoms with E-state index in [1.807, 2.05) is 11.0 Å². The van der Waals surface area contributed by atoms with Crippen LogP contribution >= 0.6 is 0 Å². The Kier molecular flexibility index (Phi) is 4.21. The lowest BCUT2D eigenvalue weighted by Gasteiger charge is -2.44. The highest BCUT2D eigenvalue weighted by Gasteiger charge is 2.56. The first kappa shape index (κ1) is 15.7. The fourth-order valence-electron chi connectivity index (χ4n) is 3.11. The molecule has 1 unspecified atom stereocenters. The number of carbonyl (C=O) groups excluding carboxylic acids is 2. The van der Waals surface area contributed by atoms with E-state index in [2.05, 4.69) is 0 Å². The molecule has 2 saturated heterocycles. The molecule has 3 rings (SSSR count). The number of ether oxygens (including phenoxy) is 2. The molecule has 124 valence electrons. The third-order valence-corrected chi connectivity index (χ3v) is 4.16. The van der Waals surface area contributed by atoms with Gasteiger partial charge in [-0.2, -0.15) is 0 Å². The van der Waals surface area contributed by atoms with Crippen molar-refractivity contribution >= 4 is 17.7 Å². The number of amides is 1. The van der Waals surface area contributed by atoms with Crippen LogP contribution in [0.5, 0.6) is 0 Å². The maximum Gasteiger partial charge on any atom is 0.418 e. The van der Waals surface area contributed by atoms with Crippen LogP contribution in [0.3, 0.4) is 0 Å². The quantitative estimate of drug-likeness (QED) is 0.799. The van der Waals surface area contributed by atoms with Crippen molar-refractivity contribution in [2.24, 2.45) is 0 Å². The highest BCUT2D eigenvalue weighted by atomic mass is 19.1. The van der Waals surface area contributed by atoms with Crippen molar-refractivity contribution in [3.63, 3.8) is 0 Å². The molecule has 0 saturated carbocycles. The molecule has 2 heterocycles. The molecule has 1 amide bonds. The summed E-state index contributed by atoms with van der Waals surface area (Å²) >= 11 is 0. The molecule has 0 bridgehead atoms. The average molecular weight is 322 g/mol. The van der Waals surface area contributed by atoms with Crippen molar-refractivity contribution in [3.8, 4) is 0 Å². The second-order valence-corrected chi connectivity index (χ2v) is 5.72. The van der Waals surface area contributed by atoms with Gasteiger partial charge in [-0.25, -0.2) is 19.0 Å². The summed E-state index contributed by atoms with van der Waals surface area (Å²) in [5.74, 6) is -1.88. The summed E-state index contributed by atoms with van der Waals surface area (Å²) in [7, 11) is 0. The Morgan fingerprint density at radius 3 is 2.57 bits per heavy atom. The van der Waals surface area contributed by atoms with E-state index in [0.29, 0.717) is 31.6 Å². The number of hydrogen-bond donors (Lipinski definition) is 0. The van der Waals surface area contributed by atoms with Gasteiger partial charge >= 0.3 is 12.1 Å². The lowest BCUT2D eigenvalue weighted by Crippen LogP contribution is -2.64. The predicted molar refractivity (Wildman–Crippen MR) is 80.5 cm³/mol. The average Bonchev–Trinajstić information content (AvgIpc) is 2.85. The van der Waals surface area contributed by atoms with Gasteiger partial charge in [0.25, 0.3) is 5.85 Å². The molecular weight excluding hydrogens is 303 g/mol. The minimum absolute atomic E-state index is 0.0999. The van der Waals surface area contributed by atoms with Crippen LogP contribution in [0.4, 0.5) is 14.9 Å². The monoisotopic (exact) mass is 322 g/mol. The highest BCUT2D eigenvalue weighted by molar-refractivity contribution is 5.91. The summed E-state index contributed by atoms with van der Waals surface area (Å²) in [6, 6.07) is 8.88. The molecule has 1 atom stereocenters. The standard InChI is InChI=1S/C16H19FN2O4/c1-12(20)23-16(18-9-7-13(17)8-10-18)11-22-15(21)19(16)14-5-3-2-4-6-14/h2-6,13H,7-11H2,1H3. The molecule has 1 aromatic rings. The number of para-hydroxylation sites is 1. The molecular formula is C16H19FN2O4. The molecule has 2 aliphatic heterocycles. The van der Waals surface area contributed by atoms with Gasteiger partial charge in [-0.1, -0.05) is 18.2 Å². The van der Waals surface area contributed by atoms with E-state index in [1.54, 1.807) is 24.3 Å². The Balaban J connectivity index is 1.99. The number of cyclic esters (lactones) is 1. The smallest absolute Gasteiger partial charge is 0.418 e. The largest absolute Gasteiger partial charge is 0.441 e. The fraction of sp³-hybridized carbons (Fsp3) is 0.500. The first-order chi connectivity index (χ1) is 11.0. The zero-order chi connectivity index (χ0) is 16.4. The van der Waals surface area contributed by atoms with E-state index in [1.165, 1.54) is 11.8 Å². The Bertz CT molecular complexity index is 589. The Hall–Kier alpha value is -2.15. The summed E-state index contributed by atoms with van der Waals surface area (Å²) in [5, 5.41) is 0. The number of likely N-dealkylation sites (tertiary alicyclic amines) is 1. The highest BCUT2D eigenvalue weighted by Crippen LogP contribution is 2.36. The van der Waals surface area contributed by atoms with Crippen LogP contribution in [0.2, 0.25) is 0 Å². The van der Waals surface area contributed by atoms with Crippen molar-refractivity contribution in [3.05, 3.63) is 30.3 Å². The molecule has 0 aliphatic carbocycles. The van der Waals surface area contributed by atoms with Crippen LogP contribution in [0, 0.1) is 0 Å². The first-order valence-electron chi connectivity index (χ1n) is 7.64. The second-order valence-electron chi connectivity index (χ2n) is 5.72. The molecule has 0 N–H and O–H groups in total. The first-order valence-corrected chi connectivity index (χ1v) is 7.64. The van der Waals surface area contributed by atoms with Gasteiger partial charge in [0, 0.05) is 20.0 Å². The van der Waals surface area contributed by atoms with Gasteiger partial charge in [0.2, 0.25) is 0 Å². The Morgan fingerprint density at radius 2 is 1.96 bits per heavy atom. The SMILES string of the molecule is CC(=O)OC1(N2CCC(F)CC2)COC(=O)N1c1ccccc1.